The fourth-order valence-corrected chi connectivity index (χ4v) is 5.13. The highest BCUT2D eigenvalue weighted by molar-refractivity contribution is 5.93. The van der Waals surface area contributed by atoms with Crippen LogP contribution in [-0.2, 0) is 11.8 Å². The van der Waals surface area contributed by atoms with Gasteiger partial charge in [-0.3, -0.25) is 4.68 Å². The Hall–Kier alpha value is -2.18. The summed E-state index contributed by atoms with van der Waals surface area (Å²) in [5.74, 6) is 0.623. The molecule has 5 rings (SSSR count). The summed E-state index contributed by atoms with van der Waals surface area (Å²) < 4.78 is 7.47. The van der Waals surface area contributed by atoms with E-state index in [4.69, 9.17) is 9.72 Å². The monoisotopic (exact) mass is 393 g/mol. The van der Waals surface area contributed by atoms with Gasteiger partial charge in [0.05, 0.1) is 6.20 Å². The minimum Gasteiger partial charge on any atom is -0.381 e. The maximum Gasteiger partial charge on any atom is 0.137 e. The van der Waals surface area contributed by atoms with E-state index < -0.39 is 0 Å². The van der Waals surface area contributed by atoms with E-state index in [2.05, 4.69) is 39.6 Å². The Balaban J connectivity index is 1.30. The van der Waals surface area contributed by atoms with Crippen molar-refractivity contribution in [3.8, 4) is 11.1 Å². The first-order valence-corrected chi connectivity index (χ1v) is 11.1. The van der Waals surface area contributed by atoms with Crippen molar-refractivity contribution in [3.05, 3.63) is 36.4 Å². The lowest BCUT2D eigenvalue weighted by atomic mass is 9.81. The second-order valence-corrected chi connectivity index (χ2v) is 8.63. The zero-order chi connectivity index (χ0) is 19.6. The molecule has 1 saturated carbocycles. The molecule has 154 valence electrons. The molecule has 0 amide bonds. The van der Waals surface area contributed by atoms with Gasteiger partial charge >= 0.3 is 0 Å². The second kappa shape index (κ2) is 8.28. The van der Waals surface area contributed by atoms with Gasteiger partial charge in [0, 0.05) is 74.5 Å². The molecule has 29 heavy (non-hydrogen) atoms. The van der Waals surface area contributed by atoms with E-state index in [1.807, 2.05) is 17.9 Å². The molecule has 0 radical (unpaired) electrons. The fraction of sp³-hybridized carbons (Fsp3) is 0.565. The van der Waals surface area contributed by atoms with Crippen molar-refractivity contribution in [2.24, 2.45) is 7.05 Å². The van der Waals surface area contributed by atoms with Gasteiger partial charge in [-0.2, -0.15) is 5.10 Å². The number of aromatic amines is 1. The quantitative estimate of drug-likeness (QED) is 0.728. The topological polar surface area (TPSA) is 59.0 Å². The van der Waals surface area contributed by atoms with Crippen LogP contribution in [0.2, 0.25) is 0 Å². The van der Waals surface area contributed by atoms with Gasteiger partial charge in [-0.15, -0.1) is 0 Å². The van der Waals surface area contributed by atoms with Crippen LogP contribution in [0, 0.1) is 0 Å². The predicted octanol–water partition coefficient (Wildman–Crippen LogP) is 4.10. The third-order valence-corrected chi connectivity index (χ3v) is 6.72. The predicted molar refractivity (Wildman–Crippen MR) is 115 cm³/mol. The molecule has 3 aromatic heterocycles. The van der Waals surface area contributed by atoms with Crippen LogP contribution in [-0.4, -0.2) is 57.0 Å². The smallest absolute Gasteiger partial charge is 0.137 e. The van der Waals surface area contributed by atoms with E-state index in [1.54, 1.807) is 0 Å². The number of nitrogens with one attached hydrogen (secondary N) is 1. The molecule has 2 aliphatic rings. The Morgan fingerprint density at radius 3 is 2.59 bits per heavy atom. The highest BCUT2D eigenvalue weighted by Gasteiger charge is 2.27. The number of aromatic nitrogens is 4. The molecule has 0 bridgehead atoms. The van der Waals surface area contributed by atoms with Gasteiger partial charge in [0.1, 0.15) is 5.65 Å². The van der Waals surface area contributed by atoms with Crippen molar-refractivity contribution in [1.29, 1.82) is 0 Å². The third-order valence-electron chi connectivity index (χ3n) is 6.72. The molecule has 1 aliphatic heterocycles. The van der Waals surface area contributed by atoms with Crippen molar-refractivity contribution in [2.75, 3.05) is 26.3 Å². The summed E-state index contributed by atoms with van der Waals surface area (Å²) in [4.78, 5) is 10.8. The van der Waals surface area contributed by atoms with Crippen LogP contribution in [0.5, 0.6) is 0 Å². The highest BCUT2D eigenvalue weighted by atomic mass is 16.5. The summed E-state index contributed by atoms with van der Waals surface area (Å²) >= 11 is 0. The van der Waals surface area contributed by atoms with Crippen molar-refractivity contribution in [3.63, 3.8) is 0 Å². The van der Waals surface area contributed by atoms with Gasteiger partial charge in [0.2, 0.25) is 0 Å². The van der Waals surface area contributed by atoms with Crippen molar-refractivity contribution >= 4 is 11.0 Å². The molecule has 2 fully saturated rings. The Kier molecular flexibility index (Phi) is 5.38. The Labute approximate surface area is 172 Å². The Morgan fingerprint density at radius 2 is 1.86 bits per heavy atom. The fourth-order valence-electron chi connectivity index (χ4n) is 5.13. The van der Waals surface area contributed by atoms with Crippen LogP contribution in [0.1, 0.15) is 50.0 Å². The molecule has 6 nitrogen and oxygen atoms in total. The number of pyridine rings is 1. The van der Waals surface area contributed by atoms with Crippen LogP contribution in [0.4, 0.5) is 0 Å². The van der Waals surface area contributed by atoms with E-state index in [1.165, 1.54) is 68.1 Å². The molecular formula is C23H31N5O. The normalized spacial score (nSPS) is 24.4. The molecule has 3 aromatic rings. The first-order chi connectivity index (χ1) is 14.3. The molecule has 0 unspecified atom stereocenters. The summed E-state index contributed by atoms with van der Waals surface area (Å²) in [5.41, 5.74) is 4.69. The van der Waals surface area contributed by atoms with Gasteiger partial charge in [-0.1, -0.05) is 0 Å². The molecule has 4 heterocycles. The van der Waals surface area contributed by atoms with E-state index in [-0.39, 0.29) is 0 Å². The summed E-state index contributed by atoms with van der Waals surface area (Å²) in [6.07, 6.45) is 15.6. The Morgan fingerprint density at radius 1 is 1.07 bits per heavy atom. The van der Waals surface area contributed by atoms with E-state index in [0.29, 0.717) is 5.92 Å². The number of nitrogens with zero attached hydrogens (tertiary/aromatic N) is 4. The van der Waals surface area contributed by atoms with Crippen molar-refractivity contribution in [2.45, 2.75) is 50.5 Å². The lowest BCUT2D eigenvalue weighted by molar-refractivity contribution is 0.0630. The lowest BCUT2D eigenvalue weighted by Gasteiger charge is -2.38. The van der Waals surface area contributed by atoms with Gasteiger partial charge < -0.3 is 14.6 Å². The molecule has 0 aromatic carbocycles. The number of hydrogen-bond donors (Lipinski definition) is 1. The maximum atomic E-state index is 5.61. The second-order valence-electron chi connectivity index (χ2n) is 8.63. The van der Waals surface area contributed by atoms with Crippen LogP contribution >= 0.6 is 0 Å². The number of H-pyrrole nitrogens is 1. The molecule has 6 heteroatoms. The van der Waals surface area contributed by atoms with Crippen LogP contribution in [0.25, 0.3) is 22.2 Å². The van der Waals surface area contributed by atoms with Crippen molar-refractivity contribution < 1.29 is 4.74 Å². The molecule has 1 aliphatic carbocycles. The summed E-state index contributed by atoms with van der Waals surface area (Å²) in [5, 5.41) is 5.54. The van der Waals surface area contributed by atoms with Gasteiger partial charge in [-0.05, 0) is 56.1 Å². The van der Waals surface area contributed by atoms with E-state index in [9.17, 15) is 0 Å². The average molecular weight is 394 g/mol. The number of rotatable bonds is 3. The first-order valence-electron chi connectivity index (χ1n) is 11.1. The zero-order valence-electron chi connectivity index (χ0n) is 17.3. The van der Waals surface area contributed by atoms with Crippen molar-refractivity contribution in [1.82, 2.24) is 24.6 Å². The summed E-state index contributed by atoms with van der Waals surface area (Å²) in [7, 11) is 1.96. The lowest BCUT2D eigenvalue weighted by Crippen LogP contribution is -2.40. The minimum absolute atomic E-state index is 0.623. The van der Waals surface area contributed by atoms with Crippen LogP contribution in [0.15, 0.2) is 30.9 Å². The van der Waals surface area contributed by atoms with E-state index >= 15 is 0 Å². The first kappa shape index (κ1) is 18.8. The maximum absolute atomic E-state index is 5.61. The average Bonchev–Trinajstić information content (AvgIpc) is 3.33. The molecule has 1 N–H and O–H groups in total. The molecule has 0 atom stereocenters. The number of aryl methyl sites for hydroxylation is 1. The molecular weight excluding hydrogens is 362 g/mol. The SMILES string of the molecule is Cn1cc(-c2c[nH]c3ncc([C@H]4CC[C@H](N5CCCOCCC5)CC4)cc23)cn1. The number of ether oxygens (including phenoxy) is 1. The van der Waals surface area contributed by atoms with Crippen LogP contribution < -0.4 is 0 Å². The Bertz CT molecular complexity index is 945. The molecule has 0 spiro atoms. The summed E-state index contributed by atoms with van der Waals surface area (Å²) in [6, 6.07) is 3.11. The highest BCUT2D eigenvalue weighted by Crippen LogP contribution is 2.37. The number of hydrogen-bond acceptors (Lipinski definition) is 4. The van der Waals surface area contributed by atoms with Gasteiger partial charge in [0.25, 0.3) is 0 Å². The summed E-state index contributed by atoms with van der Waals surface area (Å²) in [6.45, 7) is 4.24. The standard InChI is InChI=1S/C23H31N5O/c1-27-16-19(14-26-27)22-15-25-23-21(22)12-18(13-24-23)17-4-6-20(7-5-17)28-8-2-10-29-11-3-9-28/h12-17,20H,2-11H2,1H3,(H,24,25)/t17-,20-. The zero-order valence-corrected chi connectivity index (χ0v) is 17.3. The van der Waals surface area contributed by atoms with Gasteiger partial charge in [0.15, 0.2) is 0 Å². The van der Waals surface area contributed by atoms with Crippen LogP contribution in [0.3, 0.4) is 0 Å². The molecule has 1 saturated heterocycles. The number of fused-ring (bicyclic) bond motifs is 1. The largest absolute Gasteiger partial charge is 0.381 e. The minimum atomic E-state index is 0.623. The third kappa shape index (κ3) is 3.96. The van der Waals surface area contributed by atoms with E-state index in [0.717, 1.165) is 30.5 Å². The van der Waals surface area contributed by atoms with Gasteiger partial charge in [-0.25, -0.2) is 4.98 Å².